The Labute approximate surface area is 119 Å². The molecule has 0 unspecified atom stereocenters. The molecular formula is C13H25NO4S. The maximum atomic E-state index is 11.6. The third kappa shape index (κ3) is 12.0. The standard InChI is InChI=1S/C13H25NO4S/c1-10(2)6-11(7-13(16)17)8-14-12(15)9-19-5-4-18-3/h10-11H,4-9H2,1-3H3,(H,14,15)(H,16,17)/t11-/m0/s1. The summed E-state index contributed by atoms with van der Waals surface area (Å²) in [6.45, 7) is 5.18. The van der Waals surface area contributed by atoms with Crippen LogP contribution in [0.15, 0.2) is 0 Å². The van der Waals surface area contributed by atoms with Gasteiger partial charge in [-0.05, 0) is 18.3 Å². The van der Waals surface area contributed by atoms with Gasteiger partial charge in [-0.2, -0.15) is 0 Å². The van der Waals surface area contributed by atoms with Gasteiger partial charge in [-0.3, -0.25) is 9.59 Å². The monoisotopic (exact) mass is 291 g/mol. The molecule has 0 fully saturated rings. The Morgan fingerprint density at radius 2 is 2.05 bits per heavy atom. The third-order valence-corrected chi connectivity index (χ3v) is 3.44. The van der Waals surface area contributed by atoms with E-state index in [0.29, 0.717) is 24.8 Å². The predicted molar refractivity (Wildman–Crippen MR) is 77.4 cm³/mol. The maximum absolute atomic E-state index is 11.6. The lowest BCUT2D eigenvalue weighted by molar-refractivity contribution is -0.138. The Balaban J connectivity index is 3.88. The van der Waals surface area contributed by atoms with Gasteiger partial charge in [0.25, 0.3) is 0 Å². The minimum atomic E-state index is -0.811. The summed E-state index contributed by atoms with van der Waals surface area (Å²) in [5.74, 6) is 0.761. The Morgan fingerprint density at radius 3 is 2.58 bits per heavy atom. The second kappa shape index (κ2) is 11.1. The molecule has 19 heavy (non-hydrogen) atoms. The highest BCUT2D eigenvalue weighted by molar-refractivity contribution is 7.99. The zero-order valence-electron chi connectivity index (χ0n) is 12.0. The molecule has 0 heterocycles. The molecule has 112 valence electrons. The van der Waals surface area contributed by atoms with E-state index in [-0.39, 0.29) is 18.2 Å². The number of ether oxygens (including phenoxy) is 1. The molecule has 0 saturated carbocycles. The molecule has 0 spiro atoms. The van der Waals surface area contributed by atoms with E-state index < -0.39 is 5.97 Å². The van der Waals surface area contributed by atoms with Crippen LogP contribution in [0.4, 0.5) is 0 Å². The summed E-state index contributed by atoms with van der Waals surface area (Å²) in [4.78, 5) is 22.3. The second-order valence-corrected chi connectivity index (χ2v) is 6.05. The van der Waals surface area contributed by atoms with Gasteiger partial charge in [0.2, 0.25) is 5.91 Å². The van der Waals surface area contributed by atoms with Crippen molar-refractivity contribution in [3.8, 4) is 0 Å². The highest BCUT2D eigenvalue weighted by Gasteiger charge is 2.15. The van der Waals surface area contributed by atoms with Crippen LogP contribution in [-0.2, 0) is 14.3 Å². The minimum absolute atomic E-state index is 0.00502. The Kier molecular flexibility index (Phi) is 10.7. The van der Waals surface area contributed by atoms with Crippen molar-refractivity contribution in [2.24, 2.45) is 11.8 Å². The molecule has 1 amide bonds. The second-order valence-electron chi connectivity index (χ2n) is 4.94. The average Bonchev–Trinajstić information content (AvgIpc) is 2.30. The quantitative estimate of drug-likeness (QED) is 0.566. The zero-order valence-corrected chi connectivity index (χ0v) is 12.8. The number of amides is 1. The van der Waals surface area contributed by atoms with Crippen LogP contribution in [0.3, 0.4) is 0 Å². The predicted octanol–water partition coefficient (Wildman–Crippen LogP) is 1.62. The first-order chi connectivity index (χ1) is 8.95. The molecule has 0 bridgehead atoms. The van der Waals surface area contributed by atoms with Gasteiger partial charge in [0.1, 0.15) is 0 Å². The molecular weight excluding hydrogens is 266 g/mol. The summed E-state index contributed by atoms with van der Waals surface area (Å²) in [6.07, 6.45) is 0.915. The molecule has 0 aliphatic rings. The number of methoxy groups -OCH3 is 1. The molecule has 0 aliphatic carbocycles. The Bertz CT molecular complexity index is 271. The van der Waals surface area contributed by atoms with E-state index in [1.807, 2.05) is 0 Å². The smallest absolute Gasteiger partial charge is 0.303 e. The lowest BCUT2D eigenvalue weighted by Crippen LogP contribution is -2.32. The topological polar surface area (TPSA) is 75.6 Å². The van der Waals surface area contributed by atoms with E-state index in [0.717, 1.165) is 12.2 Å². The van der Waals surface area contributed by atoms with Crippen LogP contribution >= 0.6 is 11.8 Å². The summed E-state index contributed by atoms with van der Waals surface area (Å²) in [6, 6.07) is 0. The molecule has 0 saturated heterocycles. The van der Waals surface area contributed by atoms with E-state index in [4.69, 9.17) is 9.84 Å². The van der Waals surface area contributed by atoms with Gasteiger partial charge < -0.3 is 15.2 Å². The van der Waals surface area contributed by atoms with Gasteiger partial charge >= 0.3 is 5.97 Å². The molecule has 2 N–H and O–H groups in total. The number of nitrogens with one attached hydrogen (secondary N) is 1. The van der Waals surface area contributed by atoms with Crippen molar-refractivity contribution in [1.29, 1.82) is 0 Å². The highest BCUT2D eigenvalue weighted by atomic mass is 32.2. The van der Waals surface area contributed by atoms with Crippen LogP contribution in [0.2, 0.25) is 0 Å². The van der Waals surface area contributed by atoms with Gasteiger partial charge in [-0.25, -0.2) is 0 Å². The van der Waals surface area contributed by atoms with Gasteiger partial charge in [0.05, 0.1) is 12.4 Å². The Hall–Kier alpha value is -0.750. The number of rotatable bonds is 11. The van der Waals surface area contributed by atoms with Crippen molar-refractivity contribution in [3.63, 3.8) is 0 Å². The van der Waals surface area contributed by atoms with Crippen LogP contribution in [-0.4, -0.2) is 48.8 Å². The molecule has 1 atom stereocenters. The summed E-state index contributed by atoms with van der Waals surface area (Å²) >= 11 is 1.51. The fourth-order valence-electron chi connectivity index (χ4n) is 1.77. The van der Waals surface area contributed by atoms with Gasteiger partial charge in [-0.15, -0.1) is 11.8 Å². The summed E-state index contributed by atoms with van der Waals surface area (Å²) in [5, 5.41) is 11.6. The molecule has 0 rings (SSSR count). The molecule has 0 aromatic heterocycles. The normalized spacial score (nSPS) is 12.4. The molecule has 0 radical (unpaired) electrons. The Morgan fingerprint density at radius 1 is 1.37 bits per heavy atom. The lowest BCUT2D eigenvalue weighted by Gasteiger charge is -2.17. The van der Waals surface area contributed by atoms with Gasteiger partial charge in [0, 0.05) is 25.8 Å². The van der Waals surface area contributed by atoms with E-state index >= 15 is 0 Å². The van der Waals surface area contributed by atoms with Crippen molar-refractivity contribution < 1.29 is 19.4 Å². The summed E-state index contributed by atoms with van der Waals surface area (Å²) < 4.78 is 4.89. The number of carbonyl (C=O) groups is 2. The van der Waals surface area contributed by atoms with Crippen molar-refractivity contribution in [3.05, 3.63) is 0 Å². The van der Waals surface area contributed by atoms with Crippen molar-refractivity contribution in [2.75, 3.05) is 31.8 Å². The molecule has 6 heteroatoms. The van der Waals surface area contributed by atoms with Crippen molar-refractivity contribution in [1.82, 2.24) is 5.32 Å². The number of carboxylic acids is 1. The third-order valence-electron chi connectivity index (χ3n) is 2.52. The van der Waals surface area contributed by atoms with Crippen LogP contribution < -0.4 is 5.32 Å². The SMILES string of the molecule is COCCSCC(=O)NC[C@H](CC(=O)O)CC(C)C. The molecule has 0 aliphatic heterocycles. The molecule has 0 aromatic carbocycles. The molecule has 0 aromatic rings. The average molecular weight is 291 g/mol. The van der Waals surface area contributed by atoms with E-state index in [1.165, 1.54) is 11.8 Å². The fraction of sp³-hybridized carbons (Fsp3) is 0.846. The van der Waals surface area contributed by atoms with Crippen LogP contribution in [0.25, 0.3) is 0 Å². The number of carbonyl (C=O) groups excluding carboxylic acids is 1. The summed E-state index contributed by atoms with van der Waals surface area (Å²) in [5.41, 5.74) is 0. The maximum Gasteiger partial charge on any atom is 0.303 e. The number of aliphatic carboxylic acids is 1. The number of carboxylic acid groups (broad SMARTS) is 1. The van der Waals surface area contributed by atoms with Crippen LogP contribution in [0.5, 0.6) is 0 Å². The van der Waals surface area contributed by atoms with Crippen LogP contribution in [0, 0.1) is 11.8 Å². The number of thioether (sulfide) groups is 1. The lowest BCUT2D eigenvalue weighted by atomic mass is 9.94. The zero-order chi connectivity index (χ0) is 14.7. The van der Waals surface area contributed by atoms with E-state index in [9.17, 15) is 9.59 Å². The van der Waals surface area contributed by atoms with Gasteiger partial charge in [-0.1, -0.05) is 13.8 Å². The van der Waals surface area contributed by atoms with Crippen molar-refractivity contribution in [2.45, 2.75) is 26.7 Å². The van der Waals surface area contributed by atoms with E-state index in [2.05, 4.69) is 19.2 Å². The first-order valence-electron chi connectivity index (χ1n) is 6.50. The van der Waals surface area contributed by atoms with E-state index in [1.54, 1.807) is 7.11 Å². The molecule has 5 nitrogen and oxygen atoms in total. The highest BCUT2D eigenvalue weighted by Crippen LogP contribution is 2.14. The first kappa shape index (κ1) is 18.2. The van der Waals surface area contributed by atoms with Gasteiger partial charge in [0.15, 0.2) is 0 Å². The minimum Gasteiger partial charge on any atom is -0.481 e. The number of hydrogen-bond acceptors (Lipinski definition) is 4. The fourth-order valence-corrected chi connectivity index (χ4v) is 2.49. The summed E-state index contributed by atoms with van der Waals surface area (Å²) in [7, 11) is 1.63. The van der Waals surface area contributed by atoms with Crippen LogP contribution in [0.1, 0.15) is 26.7 Å². The number of hydrogen-bond donors (Lipinski definition) is 2. The van der Waals surface area contributed by atoms with Crippen molar-refractivity contribution >= 4 is 23.6 Å². The first-order valence-corrected chi connectivity index (χ1v) is 7.66. The largest absolute Gasteiger partial charge is 0.481 e.